The number of rotatable bonds is 2. The lowest BCUT2D eigenvalue weighted by molar-refractivity contribution is 0.241. The standard InChI is InChI=1S/C5H12IN2OP/c6-10-9-5-3-7-1-2-8-4-5/h5,7-8,10H,1-4H2. The molecule has 1 unspecified atom stereocenters. The molecule has 60 valence electrons. The summed E-state index contributed by atoms with van der Waals surface area (Å²) in [5.41, 5.74) is 0. The third-order valence-corrected chi connectivity index (χ3v) is 2.62. The van der Waals surface area contributed by atoms with Gasteiger partial charge in [-0.3, -0.25) is 0 Å². The first-order chi connectivity index (χ1) is 4.93. The molecule has 0 bridgehead atoms. The second-order valence-corrected chi connectivity index (χ2v) is 3.94. The minimum atomic E-state index is 0.373. The Labute approximate surface area is 76.0 Å². The molecule has 0 spiro atoms. The van der Waals surface area contributed by atoms with Gasteiger partial charge in [-0.05, 0) is 22.0 Å². The number of hydrogen-bond acceptors (Lipinski definition) is 3. The molecule has 3 nitrogen and oxygen atoms in total. The fourth-order valence-corrected chi connectivity index (χ4v) is 2.29. The Morgan fingerprint density at radius 1 is 1.30 bits per heavy atom. The van der Waals surface area contributed by atoms with Gasteiger partial charge in [0.25, 0.3) is 0 Å². The van der Waals surface area contributed by atoms with Gasteiger partial charge in [-0.15, -0.1) is 0 Å². The van der Waals surface area contributed by atoms with Gasteiger partial charge in [-0.25, -0.2) is 0 Å². The van der Waals surface area contributed by atoms with Crippen LogP contribution in [0.5, 0.6) is 0 Å². The number of halogens is 1. The van der Waals surface area contributed by atoms with Crippen LogP contribution in [0, 0.1) is 0 Å². The van der Waals surface area contributed by atoms with Crippen molar-refractivity contribution in [2.24, 2.45) is 0 Å². The SMILES string of the molecule is IPOC1CNCCNC1. The van der Waals surface area contributed by atoms with E-state index in [0.29, 0.717) is 12.6 Å². The maximum atomic E-state index is 5.45. The zero-order chi connectivity index (χ0) is 7.23. The summed E-state index contributed by atoms with van der Waals surface area (Å²) in [6, 6.07) is 0. The van der Waals surface area contributed by atoms with Crippen molar-refractivity contribution >= 4 is 28.5 Å². The zero-order valence-electron chi connectivity index (χ0n) is 5.69. The van der Waals surface area contributed by atoms with Crippen LogP contribution in [-0.4, -0.2) is 32.3 Å². The van der Waals surface area contributed by atoms with Crippen LogP contribution in [0.1, 0.15) is 0 Å². The summed E-state index contributed by atoms with van der Waals surface area (Å²) in [6.07, 6.45) is 0.373. The van der Waals surface area contributed by atoms with Gasteiger partial charge in [0.2, 0.25) is 0 Å². The summed E-state index contributed by atoms with van der Waals surface area (Å²) < 4.78 is 5.45. The van der Waals surface area contributed by atoms with E-state index in [4.69, 9.17) is 4.52 Å². The molecular weight excluding hydrogens is 262 g/mol. The van der Waals surface area contributed by atoms with Gasteiger partial charge >= 0.3 is 0 Å². The second kappa shape index (κ2) is 5.66. The zero-order valence-corrected chi connectivity index (χ0v) is 8.85. The first-order valence-corrected chi connectivity index (χ1v) is 7.38. The van der Waals surface area contributed by atoms with E-state index in [1.165, 1.54) is 0 Å². The predicted molar refractivity (Wildman–Crippen MR) is 52.9 cm³/mol. The molecule has 1 rings (SSSR count). The Kier molecular flexibility index (Phi) is 5.17. The molecule has 1 aliphatic heterocycles. The van der Waals surface area contributed by atoms with Crippen molar-refractivity contribution in [2.75, 3.05) is 26.2 Å². The Bertz CT molecular complexity index is 87.7. The van der Waals surface area contributed by atoms with Crippen LogP contribution in [0.3, 0.4) is 0 Å². The van der Waals surface area contributed by atoms with E-state index >= 15 is 0 Å². The van der Waals surface area contributed by atoms with E-state index in [1.54, 1.807) is 0 Å². The van der Waals surface area contributed by atoms with E-state index in [-0.39, 0.29) is 0 Å². The normalized spacial score (nSPS) is 23.7. The van der Waals surface area contributed by atoms with E-state index < -0.39 is 0 Å². The summed E-state index contributed by atoms with van der Waals surface area (Å²) >= 11 is 2.25. The summed E-state index contributed by atoms with van der Waals surface area (Å²) in [7, 11) is 0. The lowest BCUT2D eigenvalue weighted by Gasteiger charge is -2.12. The van der Waals surface area contributed by atoms with Crippen molar-refractivity contribution in [3.8, 4) is 0 Å². The predicted octanol–water partition coefficient (Wildman–Crippen LogP) is 0.508. The molecule has 0 aliphatic carbocycles. The summed E-state index contributed by atoms with van der Waals surface area (Å²) in [5.74, 6) is 0. The second-order valence-electron chi connectivity index (χ2n) is 2.23. The maximum absolute atomic E-state index is 5.45. The van der Waals surface area contributed by atoms with Crippen LogP contribution in [0.15, 0.2) is 0 Å². The van der Waals surface area contributed by atoms with Crippen LogP contribution >= 0.6 is 28.5 Å². The average Bonchev–Trinajstić information content (AvgIpc) is 2.17. The van der Waals surface area contributed by atoms with Crippen LogP contribution in [0.2, 0.25) is 0 Å². The molecule has 1 fully saturated rings. The quantitative estimate of drug-likeness (QED) is 0.568. The highest BCUT2D eigenvalue weighted by Gasteiger charge is 2.09. The lowest BCUT2D eigenvalue weighted by Crippen LogP contribution is -2.29. The summed E-state index contributed by atoms with van der Waals surface area (Å²) in [6.45, 7) is 4.67. The Morgan fingerprint density at radius 2 is 1.90 bits per heavy atom. The highest BCUT2D eigenvalue weighted by atomic mass is 127. The molecule has 10 heavy (non-hydrogen) atoms. The van der Waals surface area contributed by atoms with Gasteiger partial charge < -0.3 is 15.2 Å². The molecule has 0 amide bonds. The Morgan fingerprint density at radius 3 is 2.40 bits per heavy atom. The largest absolute Gasteiger partial charge is 0.346 e. The van der Waals surface area contributed by atoms with Crippen LogP contribution < -0.4 is 10.6 Å². The van der Waals surface area contributed by atoms with Crippen molar-refractivity contribution in [3.63, 3.8) is 0 Å². The molecule has 0 aromatic carbocycles. The third kappa shape index (κ3) is 3.44. The molecular formula is C5H12IN2OP. The molecule has 0 saturated carbocycles. The van der Waals surface area contributed by atoms with Crippen molar-refractivity contribution in [3.05, 3.63) is 0 Å². The van der Waals surface area contributed by atoms with Crippen molar-refractivity contribution < 1.29 is 4.52 Å². The van der Waals surface area contributed by atoms with Gasteiger partial charge in [0.05, 0.1) is 12.6 Å². The highest BCUT2D eigenvalue weighted by Crippen LogP contribution is 2.23. The molecule has 1 saturated heterocycles. The molecule has 0 aromatic heterocycles. The van der Waals surface area contributed by atoms with E-state index in [9.17, 15) is 0 Å². The Balaban J connectivity index is 2.15. The van der Waals surface area contributed by atoms with Gasteiger partial charge in [-0.1, -0.05) is 0 Å². The van der Waals surface area contributed by atoms with E-state index in [0.717, 1.165) is 26.2 Å². The maximum Gasteiger partial charge on any atom is 0.0873 e. The smallest absolute Gasteiger partial charge is 0.0873 e. The number of hydrogen-bond donors (Lipinski definition) is 2. The van der Waals surface area contributed by atoms with Crippen LogP contribution in [0.4, 0.5) is 0 Å². The summed E-state index contributed by atoms with van der Waals surface area (Å²) in [5, 5.41) is 6.59. The monoisotopic (exact) mass is 274 g/mol. The number of nitrogens with one attached hydrogen (secondary N) is 2. The Hall–Kier alpha value is 1.04. The minimum Gasteiger partial charge on any atom is -0.346 e. The molecule has 1 aliphatic rings. The molecule has 1 heterocycles. The van der Waals surface area contributed by atoms with Gasteiger partial charge in [-0.2, -0.15) is 0 Å². The van der Waals surface area contributed by atoms with Crippen molar-refractivity contribution in [1.29, 1.82) is 0 Å². The van der Waals surface area contributed by atoms with Crippen LogP contribution in [-0.2, 0) is 4.52 Å². The molecule has 1 atom stereocenters. The minimum absolute atomic E-state index is 0.373. The highest BCUT2D eigenvalue weighted by molar-refractivity contribution is 14.2. The lowest BCUT2D eigenvalue weighted by atomic mass is 10.4. The first-order valence-electron chi connectivity index (χ1n) is 3.36. The average molecular weight is 274 g/mol. The van der Waals surface area contributed by atoms with E-state index in [1.807, 2.05) is 0 Å². The third-order valence-electron chi connectivity index (χ3n) is 1.43. The first kappa shape index (κ1) is 9.13. The summed E-state index contributed by atoms with van der Waals surface area (Å²) in [4.78, 5) is 0. The molecule has 0 aromatic rings. The fraction of sp³-hybridized carbons (Fsp3) is 1.00. The van der Waals surface area contributed by atoms with Gasteiger partial charge in [0.15, 0.2) is 0 Å². The van der Waals surface area contributed by atoms with Crippen molar-refractivity contribution in [1.82, 2.24) is 10.6 Å². The molecule has 2 N–H and O–H groups in total. The van der Waals surface area contributed by atoms with Gasteiger partial charge in [0.1, 0.15) is 0 Å². The fourth-order valence-electron chi connectivity index (χ4n) is 0.921. The molecule has 0 radical (unpaired) electrons. The molecule has 5 heteroatoms. The van der Waals surface area contributed by atoms with Crippen molar-refractivity contribution in [2.45, 2.75) is 6.10 Å². The van der Waals surface area contributed by atoms with Crippen LogP contribution in [0.25, 0.3) is 0 Å². The van der Waals surface area contributed by atoms with E-state index in [2.05, 4.69) is 32.7 Å². The van der Waals surface area contributed by atoms with Gasteiger partial charge in [0, 0.05) is 26.2 Å². The topological polar surface area (TPSA) is 33.3 Å².